The molecule has 1 amide bonds. The van der Waals surface area contributed by atoms with E-state index in [0.717, 1.165) is 11.8 Å². The molecule has 98 valence electrons. The van der Waals surface area contributed by atoms with Crippen molar-refractivity contribution in [2.45, 2.75) is 51.1 Å². The fourth-order valence-electron chi connectivity index (χ4n) is 3.59. The zero-order valence-electron chi connectivity index (χ0n) is 10.6. The third kappa shape index (κ3) is 2.40. The predicted molar refractivity (Wildman–Crippen MR) is 66.6 cm³/mol. The molecule has 0 radical (unpaired) electrons. The summed E-state index contributed by atoms with van der Waals surface area (Å²) in [7, 11) is 0. The lowest BCUT2D eigenvalue weighted by Crippen LogP contribution is -2.37. The standard InChI is InChI=1S/C13H20N4O/c18-13(6-7-17-8-14-15-9-17)16-12-5-4-10-2-1-3-11(10)12/h8-12H,1-7H2,(H,16,18)/t10-,11-,12-/m0/s1. The second-order valence-electron chi connectivity index (χ2n) is 5.56. The van der Waals surface area contributed by atoms with Gasteiger partial charge in [0.25, 0.3) is 0 Å². The molecule has 0 aromatic carbocycles. The van der Waals surface area contributed by atoms with Crippen molar-refractivity contribution in [1.29, 1.82) is 0 Å². The maximum Gasteiger partial charge on any atom is 0.222 e. The first-order chi connectivity index (χ1) is 8.83. The van der Waals surface area contributed by atoms with E-state index < -0.39 is 0 Å². The van der Waals surface area contributed by atoms with Crippen LogP contribution in [0.2, 0.25) is 0 Å². The molecule has 2 aliphatic carbocycles. The van der Waals surface area contributed by atoms with Gasteiger partial charge in [-0.25, -0.2) is 0 Å². The summed E-state index contributed by atoms with van der Waals surface area (Å²) in [5.41, 5.74) is 0. The molecular weight excluding hydrogens is 228 g/mol. The Kier molecular flexibility index (Phi) is 3.30. The minimum Gasteiger partial charge on any atom is -0.353 e. The van der Waals surface area contributed by atoms with Crippen LogP contribution in [0.15, 0.2) is 12.7 Å². The molecule has 2 saturated carbocycles. The van der Waals surface area contributed by atoms with Crippen molar-refractivity contribution in [2.75, 3.05) is 0 Å². The zero-order valence-corrected chi connectivity index (χ0v) is 10.6. The first-order valence-electron chi connectivity index (χ1n) is 6.95. The van der Waals surface area contributed by atoms with Gasteiger partial charge in [0.2, 0.25) is 5.91 Å². The molecule has 1 aromatic heterocycles. The van der Waals surface area contributed by atoms with Gasteiger partial charge in [0, 0.05) is 19.0 Å². The minimum absolute atomic E-state index is 0.168. The van der Waals surface area contributed by atoms with Crippen LogP contribution in [0.4, 0.5) is 0 Å². The van der Waals surface area contributed by atoms with Crippen molar-refractivity contribution in [2.24, 2.45) is 11.8 Å². The Morgan fingerprint density at radius 3 is 2.89 bits per heavy atom. The Balaban J connectivity index is 1.46. The lowest BCUT2D eigenvalue weighted by molar-refractivity contribution is -0.122. The van der Waals surface area contributed by atoms with E-state index >= 15 is 0 Å². The van der Waals surface area contributed by atoms with Gasteiger partial charge >= 0.3 is 0 Å². The third-order valence-corrected chi connectivity index (χ3v) is 4.49. The molecule has 0 bridgehead atoms. The first-order valence-corrected chi connectivity index (χ1v) is 6.95. The van der Waals surface area contributed by atoms with Crippen LogP contribution in [0, 0.1) is 11.8 Å². The van der Waals surface area contributed by atoms with E-state index in [-0.39, 0.29) is 5.91 Å². The van der Waals surface area contributed by atoms with Crippen LogP contribution in [0.25, 0.3) is 0 Å². The van der Waals surface area contributed by atoms with E-state index in [1.807, 2.05) is 4.57 Å². The molecule has 0 unspecified atom stereocenters. The smallest absolute Gasteiger partial charge is 0.222 e. The number of aryl methyl sites for hydroxylation is 1. The summed E-state index contributed by atoms with van der Waals surface area (Å²) < 4.78 is 1.84. The van der Waals surface area contributed by atoms with Gasteiger partial charge in [-0.05, 0) is 31.1 Å². The molecule has 18 heavy (non-hydrogen) atoms. The number of nitrogens with one attached hydrogen (secondary N) is 1. The van der Waals surface area contributed by atoms with Gasteiger partial charge in [0.05, 0.1) is 0 Å². The number of carbonyl (C=O) groups excluding carboxylic acids is 1. The largest absolute Gasteiger partial charge is 0.353 e. The van der Waals surface area contributed by atoms with Crippen LogP contribution in [0.1, 0.15) is 38.5 Å². The topological polar surface area (TPSA) is 59.8 Å². The average Bonchev–Trinajstić information content (AvgIpc) is 3.05. The summed E-state index contributed by atoms with van der Waals surface area (Å²) in [5, 5.41) is 10.7. The van der Waals surface area contributed by atoms with Gasteiger partial charge in [-0.15, -0.1) is 10.2 Å². The Hall–Kier alpha value is -1.39. The molecule has 1 aromatic rings. The van der Waals surface area contributed by atoms with E-state index in [4.69, 9.17) is 0 Å². The molecule has 5 heteroatoms. The van der Waals surface area contributed by atoms with Crippen molar-refractivity contribution in [3.63, 3.8) is 0 Å². The van der Waals surface area contributed by atoms with Crippen LogP contribution < -0.4 is 5.32 Å². The van der Waals surface area contributed by atoms with E-state index in [1.54, 1.807) is 12.7 Å². The Bertz CT molecular complexity index is 403. The molecule has 2 aliphatic rings. The lowest BCUT2D eigenvalue weighted by atomic mass is 9.97. The van der Waals surface area contributed by atoms with Crippen molar-refractivity contribution in [3.05, 3.63) is 12.7 Å². The molecule has 3 rings (SSSR count). The van der Waals surface area contributed by atoms with E-state index in [0.29, 0.717) is 19.0 Å². The van der Waals surface area contributed by atoms with Crippen molar-refractivity contribution in [3.8, 4) is 0 Å². The number of aromatic nitrogens is 3. The van der Waals surface area contributed by atoms with Crippen LogP contribution in [0.5, 0.6) is 0 Å². The van der Waals surface area contributed by atoms with Crippen molar-refractivity contribution < 1.29 is 4.79 Å². The summed E-state index contributed by atoms with van der Waals surface area (Å²) in [5.74, 6) is 1.80. The number of amides is 1. The molecular formula is C13H20N4O. The molecule has 2 fully saturated rings. The van der Waals surface area contributed by atoms with Crippen LogP contribution >= 0.6 is 0 Å². The second kappa shape index (κ2) is 5.08. The van der Waals surface area contributed by atoms with E-state index in [1.165, 1.54) is 32.1 Å². The summed E-state index contributed by atoms with van der Waals surface area (Å²) in [6, 6.07) is 0.436. The molecule has 1 heterocycles. The van der Waals surface area contributed by atoms with Gasteiger partial charge in [-0.1, -0.05) is 12.8 Å². The number of rotatable bonds is 4. The number of hydrogen-bond donors (Lipinski definition) is 1. The number of hydrogen-bond acceptors (Lipinski definition) is 3. The van der Waals surface area contributed by atoms with Crippen LogP contribution in [-0.2, 0) is 11.3 Å². The number of carbonyl (C=O) groups is 1. The highest BCUT2D eigenvalue weighted by molar-refractivity contribution is 5.76. The third-order valence-electron chi connectivity index (χ3n) is 4.49. The Labute approximate surface area is 107 Å². The van der Waals surface area contributed by atoms with Gasteiger partial charge in [0.1, 0.15) is 12.7 Å². The first kappa shape index (κ1) is 11.7. The van der Waals surface area contributed by atoms with Gasteiger partial charge in [-0.2, -0.15) is 0 Å². The van der Waals surface area contributed by atoms with Crippen LogP contribution in [0.3, 0.4) is 0 Å². The molecule has 1 N–H and O–H groups in total. The highest BCUT2D eigenvalue weighted by Crippen LogP contribution is 2.43. The molecule has 0 saturated heterocycles. The number of nitrogens with zero attached hydrogens (tertiary/aromatic N) is 3. The zero-order chi connectivity index (χ0) is 12.4. The van der Waals surface area contributed by atoms with E-state index in [9.17, 15) is 4.79 Å². The molecule has 0 spiro atoms. The molecule has 5 nitrogen and oxygen atoms in total. The second-order valence-corrected chi connectivity index (χ2v) is 5.56. The SMILES string of the molecule is O=C(CCn1cnnc1)N[C@H]1CC[C@@H]2CCC[C@@H]21. The maximum absolute atomic E-state index is 11.9. The predicted octanol–water partition coefficient (Wildman–Crippen LogP) is 1.36. The highest BCUT2D eigenvalue weighted by Gasteiger charge is 2.39. The van der Waals surface area contributed by atoms with Gasteiger partial charge in [0.15, 0.2) is 0 Å². The highest BCUT2D eigenvalue weighted by atomic mass is 16.1. The summed E-state index contributed by atoms with van der Waals surface area (Å²) >= 11 is 0. The molecule has 3 atom stereocenters. The normalized spacial score (nSPS) is 30.3. The lowest BCUT2D eigenvalue weighted by Gasteiger charge is -2.20. The summed E-state index contributed by atoms with van der Waals surface area (Å²) in [4.78, 5) is 11.9. The average molecular weight is 248 g/mol. The summed E-state index contributed by atoms with van der Waals surface area (Å²) in [6.45, 7) is 0.666. The monoisotopic (exact) mass is 248 g/mol. The summed E-state index contributed by atoms with van der Waals surface area (Å²) in [6.07, 6.45) is 10.3. The Morgan fingerprint density at radius 1 is 1.22 bits per heavy atom. The van der Waals surface area contributed by atoms with Crippen molar-refractivity contribution >= 4 is 5.91 Å². The fraction of sp³-hybridized carbons (Fsp3) is 0.769. The number of fused-ring (bicyclic) bond motifs is 1. The van der Waals surface area contributed by atoms with Gasteiger partial charge in [-0.3, -0.25) is 4.79 Å². The fourth-order valence-corrected chi connectivity index (χ4v) is 3.59. The van der Waals surface area contributed by atoms with Gasteiger partial charge < -0.3 is 9.88 Å². The van der Waals surface area contributed by atoms with Crippen molar-refractivity contribution in [1.82, 2.24) is 20.1 Å². The van der Waals surface area contributed by atoms with Crippen LogP contribution in [-0.4, -0.2) is 26.7 Å². The minimum atomic E-state index is 0.168. The molecule has 0 aliphatic heterocycles. The quantitative estimate of drug-likeness (QED) is 0.875. The van der Waals surface area contributed by atoms with E-state index in [2.05, 4.69) is 15.5 Å². The maximum atomic E-state index is 11.9. The Morgan fingerprint density at radius 2 is 2.06 bits per heavy atom.